The fraction of sp³-hybridized carbons (Fsp3) is 0.562. The molecule has 0 aliphatic carbocycles. The molecule has 1 aliphatic heterocycles. The van der Waals surface area contributed by atoms with Crippen LogP contribution in [0.25, 0.3) is 0 Å². The number of likely N-dealkylation sites (tertiary alicyclic amines) is 1. The summed E-state index contributed by atoms with van der Waals surface area (Å²) >= 11 is 0. The first kappa shape index (κ1) is 15.8. The Morgan fingerprint density at radius 2 is 2.29 bits per heavy atom. The van der Waals surface area contributed by atoms with Gasteiger partial charge >= 0.3 is 5.97 Å². The Balaban J connectivity index is 1.68. The summed E-state index contributed by atoms with van der Waals surface area (Å²) in [5.41, 5.74) is 0.265. The van der Waals surface area contributed by atoms with Gasteiger partial charge in [-0.3, -0.25) is 0 Å². The minimum atomic E-state index is -0.924. The fourth-order valence-corrected chi connectivity index (χ4v) is 2.63. The van der Waals surface area contributed by atoms with E-state index in [1.165, 1.54) is 6.42 Å². The van der Waals surface area contributed by atoms with Crippen LogP contribution in [-0.4, -0.2) is 67.3 Å². The molecule has 0 saturated carbocycles. The summed E-state index contributed by atoms with van der Waals surface area (Å²) in [5, 5.41) is 8.93. The van der Waals surface area contributed by atoms with Gasteiger partial charge in [-0.2, -0.15) is 0 Å². The molecule has 0 bridgehead atoms. The van der Waals surface area contributed by atoms with Crippen LogP contribution >= 0.6 is 0 Å². The van der Waals surface area contributed by atoms with Gasteiger partial charge in [-0.15, -0.1) is 0 Å². The summed E-state index contributed by atoms with van der Waals surface area (Å²) in [4.78, 5) is 15.6. The first-order valence-electron chi connectivity index (χ1n) is 7.41. The zero-order valence-electron chi connectivity index (χ0n) is 12.8. The second kappa shape index (κ2) is 7.43. The van der Waals surface area contributed by atoms with E-state index in [1.807, 2.05) is 0 Å². The van der Waals surface area contributed by atoms with Gasteiger partial charge in [-0.05, 0) is 51.7 Å². The Morgan fingerprint density at radius 3 is 2.95 bits per heavy atom. The molecule has 0 spiro atoms. The molecule has 1 saturated heterocycles. The Bertz CT molecular complexity index is 476. The number of carbonyl (C=O) groups is 1. The lowest BCUT2D eigenvalue weighted by molar-refractivity contribution is 0.0696. The van der Waals surface area contributed by atoms with Crippen molar-refractivity contribution in [2.24, 2.45) is 0 Å². The summed E-state index contributed by atoms with van der Waals surface area (Å²) in [7, 11) is 4.26. The minimum absolute atomic E-state index is 0.265. The van der Waals surface area contributed by atoms with E-state index in [9.17, 15) is 4.79 Å². The summed E-state index contributed by atoms with van der Waals surface area (Å²) in [6.07, 6.45) is 2.19. The first-order chi connectivity index (χ1) is 10.1. The van der Waals surface area contributed by atoms with Crippen LogP contribution in [0, 0.1) is 0 Å². The molecule has 0 amide bonds. The van der Waals surface area contributed by atoms with Crippen LogP contribution < -0.4 is 4.74 Å². The number of nitrogens with zero attached hydrogens (tertiary/aromatic N) is 2. The van der Waals surface area contributed by atoms with Crippen molar-refractivity contribution in [2.75, 3.05) is 40.3 Å². The highest BCUT2D eigenvalue weighted by Gasteiger charge is 2.23. The lowest BCUT2D eigenvalue weighted by Crippen LogP contribution is -2.32. The zero-order valence-corrected chi connectivity index (χ0v) is 12.8. The summed E-state index contributed by atoms with van der Waals surface area (Å²) in [5.74, 6) is -0.297. The molecule has 116 valence electrons. The average molecular weight is 292 g/mol. The third kappa shape index (κ3) is 4.72. The monoisotopic (exact) mass is 292 g/mol. The molecule has 0 radical (unpaired) electrons. The van der Waals surface area contributed by atoms with Crippen molar-refractivity contribution in [1.29, 1.82) is 0 Å². The van der Waals surface area contributed by atoms with Crippen molar-refractivity contribution in [2.45, 2.75) is 18.9 Å². The second-order valence-electron chi connectivity index (χ2n) is 5.74. The maximum absolute atomic E-state index is 10.9. The van der Waals surface area contributed by atoms with Crippen LogP contribution in [0.5, 0.6) is 5.75 Å². The highest BCUT2D eigenvalue weighted by Crippen LogP contribution is 2.15. The molecule has 1 atom stereocenters. The van der Waals surface area contributed by atoms with Gasteiger partial charge in [-0.25, -0.2) is 4.79 Å². The van der Waals surface area contributed by atoms with E-state index in [0.717, 1.165) is 26.1 Å². The molecule has 0 aromatic heterocycles. The Labute approximate surface area is 126 Å². The van der Waals surface area contributed by atoms with E-state index < -0.39 is 5.97 Å². The standard InChI is InChI=1S/C16H24N2O3/c1-17(2)14-7-9-18(12-14)8-4-10-21-15-6-3-5-13(11-15)16(19)20/h3,5-6,11,14H,4,7-10,12H2,1-2H3,(H,19,20). The van der Waals surface area contributed by atoms with Crippen molar-refractivity contribution in [3.63, 3.8) is 0 Å². The number of aromatic carboxylic acids is 1. The fourth-order valence-electron chi connectivity index (χ4n) is 2.63. The molecule has 5 heteroatoms. The Hall–Kier alpha value is -1.59. The second-order valence-corrected chi connectivity index (χ2v) is 5.74. The van der Waals surface area contributed by atoms with Crippen LogP contribution in [-0.2, 0) is 0 Å². The third-order valence-electron chi connectivity index (χ3n) is 3.95. The smallest absolute Gasteiger partial charge is 0.335 e. The lowest BCUT2D eigenvalue weighted by Gasteiger charge is -2.20. The van der Waals surface area contributed by atoms with Crippen molar-refractivity contribution in [3.8, 4) is 5.75 Å². The normalized spacial score (nSPS) is 19.1. The molecular weight excluding hydrogens is 268 g/mol. The van der Waals surface area contributed by atoms with Crippen molar-refractivity contribution >= 4 is 5.97 Å². The number of rotatable bonds is 7. The molecule has 1 aromatic rings. The summed E-state index contributed by atoms with van der Waals surface area (Å²) < 4.78 is 5.63. The molecule has 1 N–H and O–H groups in total. The summed E-state index contributed by atoms with van der Waals surface area (Å²) in [6.45, 7) is 3.92. The van der Waals surface area contributed by atoms with Gasteiger partial charge in [0, 0.05) is 19.1 Å². The zero-order chi connectivity index (χ0) is 15.2. The van der Waals surface area contributed by atoms with Crippen molar-refractivity contribution in [3.05, 3.63) is 29.8 Å². The molecule has 1 aliphatic rings. The van der Waals surface area contributed by atoms with Crippen LogP contribution in [0.1, 0.15) is 23.2 Å². The van der Waals surface area contributed by atoms with Gasteiger partial charge in [0.1, 0.15) is 5.75 Å². The van der Waals surface area contributed by atoms with Gasteiger partial charge in [0.15, 0.2) is 0 Å². The highest BCUT2D eigenvalue weighted by atomic mass is 16.5. The number of carboxylic acids is 1. The van der Waals surface area contributed by atoms with E-state index in [2.05, 4.69) is 23.9 Å². The van der Waals surface area contributed by atoms with Gasteiger partial charge in [-0.1, -0.05) is 6.07 Å². The van der Waals surface area contributed by atoms with Crippen molar-refractivity contribution in [1.82, 2.24) is 9.80 Å². The lowest BCUT2D eigenvalue weighted by atomic mass is 10.2. The van der Waals surface area contributed by atoms with Crippen LogP contribution in [0.2, 0.25) is 0 Å². The highest BCUT2D eigenvalue weighted by molar-refractivity contribution is 5.87. The van der Waals surface area contributed by atoms with Gasteiger partial charge < -0.3 is 19.6 Å². The molecule has 2 rings (SSSR count). The van der Waals surface area contributed by atoms with Gasteiger partial charge in [0.2, 0.25) is 0 Å². The predicted octanol–water partition coefficient (Wildman–Crippen LogP) is 1.79. The first-order valence-corrected chi connectivity index (χ1v) is 7.41. The van der Waals surface area contributed by atoms with Crippen molar-refractivity contribution < 1.29 is 14.6 Å². The number of hydrogen-bond donors (Lipinski definition) is 1. The average Bonchev–Trinajstić information content (AvgIpc) is 2.93. The molecular formula is C16H24N2O3. The molecule has 1 heterocycles. The third-order valence-corrected chi connectivity index (χ3v) is 3.95. The van der Waals surface area contributed by atoms with Gasteiger partial charge in [0.05, 0.1) is 12.2 Å². The van der Waals surface area contributed by atoms with E-state index in [1.54, 1.807) is 24.3 Å². The SMILES string of the molecule is CN(C)C1CCN(CCCOc2cccc(C(=O)O)c2)C1. The topological polar surface area (TPSA) is 53.0 Å². The Kier molecular flexibility index (Phi) is 5.59. The Morgan fingerprint density at radius 1 is 1.48 bits per heavy atom. The van der Waals surface area contributed by atoms with Gasteiger partial charge in [0.25, 0.3) is 0 Å². The molecule has 1 fully saturated rings. The largest absolute Gasteiger partial charge is 0.494 e. The number of carboxylic acid groups (broad SMARTS) is 1. The number of ether oxygens (including phenoxy) is 1. The molecule has 21 heavy (non-hydrogen) atoms. The number of hydrogen-bond acceptors (Lipinski definition) is 4. The minimum Gasteiger partial charge on any atom is -0.494 e. The van der Waals surface area contributed by atoms with E-state index in [4.69, 9.17) is 9.84 Å². The number of likely N-dealkylation sites (N-methyl/N-ethyl adjacent to an activating group) is 1. The van der Waals surface area contributed by atoms with E-state index >= 15 is 0 Å². The summed E-state index contributed by atoms with van der Waals surface area (Å²) in [6, 6.07) is 7.31. The van der Waals surface area contributed by atoms with Crippen LogP contribution in [0.15, 0.2) is 24.3 Å². The van der Waals surface area contributed by atoms with E-state index in [0.29, 0.717) is 18.4 Å². The molecule has 1 unspecified atom stereocenters. The maximum Gasteiger partial charge on any atom is 0.335 e. The van der Waals surface area contributed by atoms with Crippen LogP contribution in [0.3, 0.4) is 0 Å². The van der Waals surface area contributed by atoms with Crippen LogP contribution in [0.4, 0.5) is 0 Å². The quantitative estimate of drug-likeness (QED) is 0.777. The molecule has 1 aromatic carbocycles. The van der Waals surface area contributed by atoms with E-state index in [-0.39, 0.29) is 5.56 Å². The predicted molar refractivity (Wildman–Crippen MR) is 82.0 cm³/mol. The molecule has 5 nitrogen and oxygen atoms in total. The maximum atomic E-state index is 10.9. The number of benzene rings is 1.